The zero-order valence-electron chi connectivity index (χ0n) is 13.5. The van der Waals surface area contributed by atoms with Crippen LogP contribution in [0.3, 0.4) is 0 Å². The Morgan fingerprint density at radius 1 is 1.20 bits per heavy atom. The van der Waals surface area contributed by atoms with E-state index in [0.717, 1.165) is 19.4 Å². The van der Waals surface area contributed by atoms with E-state index in [1.807, 2.05) is 0 Å². The van der Waals surface area contributed by atoms with E-state index in [9.17, 15) is 9.59 Å². The highest BCUT2D eigenvalue weighted by atomic mass is 35.5. The average molecular weight is 363 g/mol. The Balaban J connectivity index is 1.48. The number of H-pyrrole nitrogens is 1. The van der Waals surface area contributed by atoms with E-state index < -0.39 is 0 Å². The zero-order chi connectivity index (χ0) is 17.6. The third-order valence-corrected chi connectivity index (χ3v) is 4.03. The summed E-state index contributed by atoms with van der Waals surface area (Å²) in [5.41, 5.74) is 1.62. The minimum absolute atomic E-state index is 0.102. The zero-order valence-corrected chi connectivity index (χ0v) is 14.2. The monoisotopic (exact) mass is 362 g/mol. The van der Waals surface area contributed by atoms with Crippen molar-refractivity contribution in [3.63, 3.8) is 0 Å². The molecule has 8 heteroatoms. The normalized spacial score (nSPS) is 16.4. The Bertz CT molecular complexity index is 739. The molecule has 132 valence electrons. The minimum atomic E-state index is -0.290. The number of hydrogen-bond donors (Lipinski definition) is 4. The largest absolute Gasteiger partial charge is 0.376 e. The molecule has 0 saturated carbocycles. The molecule has 0 bridgehead atoms. The molecule has 25 heavy (non-hydrogen) atoms. The van der Waals surface area contributed by atoms with E-state index in [1.165, 1.54) is 0 Å². The number of carbonyl (C=O) groups is 2. The fraction of sp³-hybridized carbons (Fsp3) is 0.294. The molecule has 1 aromatic heterocycles. The van der Waals surface area contributed by atoms with Crippen LogP contribution >= 0.6 is 11.6 Å². The molecule has 1 saturated heterocycles. The van der Waals surface area contributed by atoms with Gasteiger partial charge in [-0.3, -0.25) is 4.79 Å². The van der Waals surface area contributed by atoms with E-state index >= 15 is 0 Å². The van der Waals surface area contributed by atoms with Gasteiger partial charge in [0.1, 0.15) is 5.69 Å². The van der Waals surface area contributed by atoms with E-state index in [-0.39, 0.29) is 18.0 Å². The van der Waals surface area contributed by atoms with Gasteiger partial charge in [-0.2, -0.15) is 0 Å². The van der Waals surface area contributed by atoms with Gasteiger partial charge < -0.3 is 25.7 Å². The number of urea groups is 1. The van der Waals surface area contributed by atoms with Crippen molar-refractivity contribution in [3.05, 3.63) is 47.2 Å². The second-order valence-electron chi connectivity index (χ2n) is 5.73. The molecule has 0 radical (unpaired) electrons. The number of nitrogens with one attached hydrogen (secondary N) is 4. The summed E-state index contributed by atoms with van der Waals surface area (Å²) in [5.74, 6) is -0.290. The number of aromatic nitrogens is 1. The predicted molar refractivity (Wildman–Crippen MR) is 96.2 cm³/mol. The SMILES string of the molecule is O=C(NCC1CCCO1)Nc1ccc(NC(=O)c2cc(Cl)c[nH]2)cc1. The quantitative estimate of drug-likeness (QED) is 0.657. The molecule has 2 aromatic rings. The van der Waals surface area contributed by atoms with Crippen LogP contribution in [0.4, 0.5) is 16.2 Å². The van der Waals surface area contributed by atoms with Crippen LogP contribution in [0.2, 0.25) is 5.02 Å². The standard InChI is InChI=1S/C17H19ClN4O3/c18-11-8-15(19-9-11)16(23)21-12-3-5-13(6-4-12)22-17(24)20-10-14-2-1-7-25-14/h3-6,8-9,14,19H,1-2,7,10H2,(H,21,23)(H2,20,22,24). The van der Waals surface area contributed by atoms with Crippen molar-refractivity contribution in [2.24, 2.45) is 0 Å². The molecule has 1 atom stereocenters. The predicted octanol–water partition coefficient (Wildman–Crippen LogP) is 3.22. The lowest BCUT2D eigenvalue weighted by molar-refractivity contribution is 0.102. The van der Waals surface area contributed by atoms with E-state index in [4.69, 9.17) is 16.3 Å². The van der Waals surface area contributed by atoms with Gasteiger partial charge in [0.25, 0.3) is 5.91 Å². The van der Waals surface area contributed by atoms with E-state index in [2.05, 4.69) is 20.9 Å². The maximum absolute atomic E-state index is 12.0. The number of amides is 3. The van der Waals surface area contributed by atoms with Crippen LogP contribution in [-0.2, 0) is 4.74 Å². The molecule has 1 aliphatic rings. The van der Waals surface area contributed by atoms with Crippen molar-refractivity contribution >= 4 is 34.9 Å². The third kappa shape index (κ3) is 4.98. The number of ether oxygens (including phenoxy) is 1. The Kier molecular flexibility index (Phi) is 5.57. The summed E-state index contributed by atoms with van der Waals surface area (Å²) >= 11 is 5.78. The molecule has 2 heterocycles. The number of benzene rings is 1. The van der Waals surface area contributed by atoms with Gasteiger partial charge in [0, 0.05) is 30.7 Å². The molecular formula is C17H19ClN4O3. The summed E-state index contributed by atoms with van der Waals surface area (Å²) in [5, 5.41) is 8.73. The summed E-state index contributed by atoms with van der Waals surface area (Å²) < 4.78 is 5.45. The molecule has 1 unspecified atom stereocenters. The summed E-state index contributed by atoms with van der Waals surface area (Å²) in [6.07, 6.45) is 3.65. The maximum Gasteiger partial charge on any atom is 0.319 e. The molecule has 0 spiro atoms. The van der Waals surface area contributed by atoms with Crippen LogP contribution in [0.5, 0.6) is 0 Å². The summed E-state index contributed by atoms with van der Waals surface area (Å²) in [4.78, 5) is 26.6. The summed E-state index contributed by atoms with van der Waals surface area (Å²) in [7, 11) is 0. The number of hydrogen-bond acceptors (Lipinski definition) is 3. The van der Waals surface area contributed by atoms with Crippen molar-refractivity contribution in [1.29, 1.82) is 0 Å². The molecule has 0 aliphatic carbocycles. The lowest BCUT2D eigenvalue weighted by Gasteiger charge is -2.12. The molecule has 1 aliphatic heterocycles. The first-order chi connectivity index (χ1) is 12.1. The van der Waals surface area contributed by atoms with Gasteiger partial charge in [-0.25, -0.2) is 4.79 Å². The number of carbonyl (C=O) groups excluding carboxylic acids is 2. The second kappa shape index (κ2) is 8.04. The highest BCUT2D eigenvalue weighted by molar-refractivity contribution is 6.31. The van der Waals surface area contributed by atoms with Gasteiger partial charge in [0.15, 0.2) is 0 Å². The van der Waals surface area contributed by atoms with E-state index in [0.29, 0.717) is 28.6 Å². The molecule has 1 fully saturated rings. The third-order valence-electron chi connectivity index (χ3n) is 3.81. The molecule has 3 rings (SSSR count). The lowest BCUT2D eigenvalue weighted by atomic mass is 10.2. The van der Waals surface area contributed by atoms with E-state index in [1.54, 1.807) is 36.5 Å². The van der Waals surface area contributed by atoms with Gasteiger partial charge in [-0.05, 0) is 43.2 Å². The van der Waals surface area contributed by atoms with Gasteiger partial charge in [-0.1, -0.05) is 11.6 Å². The lowest BCUT2D eigenvalue weighted by Crippen LogP contribution is -2.35. The Labute approximate surface area is 150 Å². The molecule has 7 nitrogen and oxygen atoms in total. The van der Waals surface area contributed by atoms with Crippen molar-refractivity contribution < 1.29 is 14.3 Å². The first-order valence-electron chi connectivity index (χ1n) is 8.02. The molecule has 3 amide bonds. The first-order valence-corrected chi connectivity index (χ1v) is 8.40. The Morgan fingerprint density at radius 3 is 2.52 bits per heavy atom. The topological polar surface area (TPSA) is 95.2 Å². The smallest absolute Gasteiger partial charge is 0.319 e. The molecule has 4 N–H and O–H groups in total. The minimum Gasteiger partial charge on any atom is -0.376 e. The highest BCUT2D eigenvalue weighted by Gasteiger charge is 2.16. The molecule has 1 aromatic carbocycles. The van der Waals surface area contributed by atoms with Crippen LogP contribution in [0.25, 0.3) is 0 Å². The fourth-order valence-corrected chi connectivity index (χ4v) is 2.69. The van der Waals surface area contributed by atoms with Gasteiger partial charge in [-0.15, -0.1) is 0 Å². The van der Waals surface area contributed by atoms with Crippen LogP contribution in [-0.4, -0.2) is 36.2 Å². The van der Waals surface area contributed by atoms with Crippen LogP contribution in [0, 0.1) is 0 Å². The highest BCUT2D eigenvalue weighted by Crippen LogP contribution is 2.16. The van der Waals surface area contributed by atoms with Crippen molar-refractivity contribution in [2.75, 3.05) is 23.8 Å². The number of halogens is 1. The Morgan fingerprint density at radius 2 is 1.92 bits per heavy atom. The summed E-state index contributed by atoms with van der Waals surface area (Å²) in [6, 6.07) is 8.10. The second-order valence-corrected chi connectivity index (χ2v) is 6.17. The van der Waals surface area contributed by atoms with Crippen LogP contribution in [0.15, 0.2) is 36.5 Å². The summed E-state index contributed by atoms with van der Waals surface area (Å²) in [6.45, 7) is 1.26. The van der Waals surface area contributed by atoms with Crippen molar-refractivity contribution in [2.45, 2.75) is 18.9 Å². The van der Waals surface area contributed by atoms with Crippen molar-refractivity contribution in [3.8, 4) is 0 Å². The van der Waals surface area contributed by atoms with Crippen LogP contribution in [0.1, 0.15) is 23.3 Å². The maximum atomic E-state index is 12.0. The first kappa shape index (κ1) is 17.3. The molecular weight excluding hydrogens is 344 g/mol. The number of anilines is 2. The van der Waals surface area contributed by atoms with Gasteiger partial charge in [0.2, 0.25) is 0 Å². The Hall–Kier alpha value is -2.51. The van der Waals surface area contributed by atoms with Gasteiger partial charge in [0.05, 0.1) is 11.1 Å². The van der Waals surface area contributed by atoms with Gasteiger partial charge >= 0.3 is 6.03 Å². The van der Waals surface area contributed by atoms with Crippen LogP contribution < -0.4 is 16.0 Å². The van der Waals surface area contributed by atoms with Crippen molar-refractivity contribution in [1.82, 2.24) is 10.3 Å². The number of rotatable bonds is 5. The average Bonchev–Trinajstić information content (AvgIpc) is 3.26. The fourth-order valence-electron chi connectivity index (χ4n) is 2.52. The number of aromatic amines is 1.